The molecular weight excluding hydrogens is 214 g/mol. The summed E-state index contributed by atoms with van der Waals surface area (Å²) in [5, 5.41) is 12.1. The highest BCUT2D eigenvalue weighted by Crippen LogP contribution is 2.41. The van der Waals surface area contributed by atoms with Crippen molar-refractivity contribution >= 4 is 11.7 Å². The van der Waals surface area contributed by atoms with Gasteiger partial charge in [-0.2, -0.15) is 5.10 Å². The Kier molecular flexibility index (Phi) is 2.18. The number of nitrogen functional groups attached to an aromatic ring is 1. The molecule has 1 saturated heterocycles. The van der Waals surface area contributed by atoms with Crippen LogP contribution in [0.5, 0.6) is 0 Å². The zero-order chi connectivity index (χ0) is 12.2. The van der Waals surface area contributed by atoms with Gasteiger partial charge in [-0.25, -0.2) is 0 Å². The van der Waals surface area contributed by atoms with E-state index in [0.717, 1.165) is 29.5 Å². The molecule has 2 unspecified atom stereocenters. The van der Waals surface area contributed by atoms with Crippen molar-refractivity contribution < 1.29 is 0 Å². The third-order valence-corrected chi connectivity index (χ3v) is 4.14. The number of piperidine rings is 1. The zero-order valence-electron chi connectivity index (χ0n) is 10.4. The van der Waals surface area contributed by atoms with Crippen LogP contribution in [0.2, 0.25) is 0 Å². The van der Waals surface area contributed by atoms with E-state index < -0.39 is 0 Å². The Balaban J connectivity index is 2.05. The molecule has 2 fully saturated rings. The predicted molar refractivity (Wildman–Crippen MR) is 67.4 cm³/mol. The first kappa shape index (κ1) is 10.6. The molecule has 0 spiro atoms. The second-order valence-electron chi connectivity index (χ2n) is 5.31. The molecule has 1 aromatic heterocycles. The molecule has 5 heteroatoms. The first-order valence-corrected chi connectivity index (χ1v) is 6.22. The summed E-state index contributed by atoms with van der Waals surface area (Å²) in [7, 11) is 1.95. The summed E-state index contributed by atoms with van der Waals surface area (Å²) in [6.07, 6.45) is 3.92. The summed E-state index contributed by atoms with van der Waals surface area (Å²) < 4.78 is 1.88. The molecule has 1 aliphatic heterocycles. The van der Waals surface area contributed by atoms with Gasteiger partial charge in [0, 0.05) is 19.6 Å². The number of aromatic nitrogens is 2. The van der Waals surface area contributed by atoms with Gasteiger partial charge >= 0.3 is 0 Å². The molecule has 92 valence electrons. The van der Waals surface area contributed by atoms with Gasteiger partial charge in [-0.3, -0.25) is 10.1 Å². The minimum absolute atomic E-state index is 0.133. The lowest BCUT2D eigenvalue weighted by molar-refractivity contribution is 0.541. The maximum absolute atomic E-state index is 7.73. The normalized spacial score (nSPS) is 26.8. The summed E-state index contributed by atoms with van der Waals surface area (Å²) in [4.78, 5) is 2.41. The quantitative estimate of drug-likeness (QED) is 0.591. The lowest BCUT2D eigenvalue weighted by Crippen LogP contribution is -2.35. The van der Waals surface area contributed by atoms with Gasteiger partial charge in [0.2, 0.25) is 0 Å². The van der Waals surface area contributed by atoms with Crippen molar-refractivity contribution in [2.75, 3.05) is 11.4 Å². The van der Waals surface area contributed by atoms with Crippen molar-refractivity contribution in [3.8, 4) is 0 Å². The van der Waals surface area contributed by atoms with Crippen LogP contribution in [0.25, 0.3) is 0 Å². The van der Waals surface area contributed by atoms with Crippen LogP contribution < -0.4 is 10.6 Å². The second-order valence-corrected chi connectivity index (χ2v) is 5.31. The van der Waals surface area contributed by atoms with E-state index >= 15 is 0 Å². The molecule has 0 amide bonds. The van der Waals surface area contributed by atoms with Crippen molar-refractivity contribution in [3.05, 3.63) is 11.3 Å². The van der Waals surface area contributed by atoms with Gasteiger partial charge in [-0.05, 0) is 32.1 Å². The van der Waals surface area contributed by atoms with Gasteiger partial charge in [0.15, 0.2) is 0 Å². The van der Waals surface area contributed by atoms with E-state index in [4.69, 9.17) is 11.1 Å². The highest BCUT2D eigenvalue weighted by molar-refractivity contribution is 6.01. The molecule has 2 heterocycles. The first-order chi connectivity index (χ1) is 8.08. The van der Waals surface area contributed by atoms with Crippen molar-refractivity contribution in [1.29, 1.82) is 5.41 Å². The fourth-order valence-corrected chi connectivity index (χ4v) is 3.47. The van der Waals surface area contributed by atoms with Crippen molar-refractivity contribution in [1.82, 2.24) is 9.78 Å². The van der Waals surface area contributed by atoms with Crippen LogP contribution >= 0.6 is 0 Å². The molecule has 3 N–H and O–H groups in total. The fraction of sp³-hybridized carbons (Fsp3) is 0.667. The third kappa shape index (κ3) is 1.45. The van der Waals surface area contributed by atoms with Gasteiger partial charge in [-0.15, -0.1) is 0 Å². The Morgan fingerprint density at radius 1 is 1.47 bits per heavy atom. The van der Waals surface area contributed by atoms with Gasteiger partial charge in [-0.1, -0.05) is 0 Å². The van der Waals surface area contributed by atoms with Crippen LogP contribution in [0.3, 0.4) is 0 Å². The SMILES string of the molecule is Cc1nn(C)c(N2CC3CCC2C3)c1C(=N)N. The summed E-state index contributed by atoms with van der Waals surface area (Å²) >= 11 is 0. The average molecular weight is 233 g/mol. The Hall–Kier alpha value is -1.52. The Morgan fingerprint density at radius 2 is 2.24 bits per heavy atom. The topological polar surface area (TPSA) is 70.9 Å². The summed E-state index contributed by atoms with van der Waals surface area (Å²) in [5.74, 6) is 2.01. The summed E-state index contributed by atoms with van der Waals surface area (Å²) in [5.41, 5.74) is 7.38. The number of aryl methyl sites for hydroxylation is 2. The van der Waals surface area contributed by atoms with E-state index in [1.165, 1.54) is 19.3 Å². The van der Waals surface area contributed by atoms with Gasteiger partial charge < -0.3 is 10.6 Å². The highest BCUT2D eigenvalue weighted by Gasteiger charge is 2.40. The van der Waals surface area contributed by atoms with Crippen LogP contribution in [0.4, 0.5) is 5.82 Å². The fourth-order valence-electron chi connectivity index (χ4n) is 3.47. The van der Waals surface area contributed by atoms with E-state index in [2.05, 4.69) is 10.00 Å². The first-order valence-electron chi connectivity index (χ1n) is 6.22. The summed E-state index contributed by atoms with van der Waals surface area (Å²) in [6, 6.07) is 0.632. The predicted octanol–water partition coefficient (Wildman–Crippen LogP) is 1.00. The standard InChI is InChI=1S/C12H19N5/c1-7-10(11(13)14)12(16(2)15-7)17-6-8-3-4-9(17)5-8/h8-9H,3-6H2,1-2H3,(H3,13,14). The van der Waals surface area contributed by atoms with Crippen LogP contribution in [-0.4, -0.2) is 28.2 Å². The minimum atomic E-state index is 0.133. The third-order valence-electron chi connectivity index (χ3n) is 4.14. The molecule has 5 nitrogen and oxygen atoms in total. The molecule has 2 atom stereocenters. The van der Waals surface area contributed by atoms with E-state index in [9.17, 15) is 0 Å². The Morgan fingerprint density at radius 3 is 2.76 bits per heavy atom. The molecule has 0 radical (unpaired) electrons. The second kappa shape index (κ2) is 3.48. The van der Waals surface area contributed by atoms with Crippen molar-refractivity contribution in [2.24, 2.45) is 18.7 Å². The monoisotopic (exact) mass is 233 g/mol. The molecule has 1 aromatic rings. The maximum atomic E-state index is 7.73. The molecule has 1 saturated carbocycles. The number of fused-ring (bicyclic) bond motifs is 2. The highest BCUT2D eigenvalue weighted by atomic mass is 15.4. The number of nitrogens with one attached hydrogen (secondary N) is 1. The lowest BCUT2D eigenvalue weighted by Gasteiger charge is -2.29. The Labute approximate surface area is 101 Å². The number of amidine groups is 1. The molecular formula is C12H19N5. The summed E-state index contributed by atoms with van der Waals surface area (Å²) in [6.45, 7) is 3.03. The van der Waals surface area contributed by atoms with E-state index in [0.29, 0.717) is 6.04 Å². The molecule has 2 bridgehead atoms. The molecule has 1 aliphatic carbocycles. The number of anilines is 1. The van der Waals surface area contributed by atoms with E-state index in [-0.39, 0.29) is 5.84 Å². The molecule has 2 aliphatic rings. The van der Waals surface area contributed by atoms with Crippen molar-refractivity contribution in [3.63, 3.8) is 0 Å². The van der Waals surface area contributed by atoms with Crippen molar-refractivity contribution in [2.45, 2.75) is 32.2 Å². The molecule has 17 heavy (non-hydrogen) atoms. The number of nitrogens with zero attached hydrogens (tertiary/aromatic N) is 3. The van der Waals surface area contributed by atoms with E-state index in [1.54, 1.807) is 0 Å². The van der Waals surface area contributed by atoms with Gasteiger partial charge in [0.1, 0.15) is 11.7 Å². The largest absolute Gasteiger partial charge is 0.384 e. The van der Waals surface area contributed by atoms with Crippen LogP contribution in [0.15, 0.2) is 0 Å². The van der Waals surface area contributed by atoms with Crippen LogP contribution in [0, 0.1) is 18.3 Å². The number of rotatable bonds is 2. The maximum Gasteiger partial charge on any atom is 0.138 e. The van der Waals surface area contributed by atoms with Gasteiger partial charge in [0.25, 0.3) is 0 Å². The number of nitrogens with two attached hydrogens (primary N) is 1. The molecule has 3 rings (SSSR count). The number of hydrogen-bond acceptors (Lipinski definition) is 3. The zero-order valence-corrected chi connectivity index (χ0v) is 10.4. The smallest absolute Gasteiger partial charge is 0.138 e. The van der Waals surface area contributed by atoms with Gasteiger partial charge in [0.05, 0.1) is 11.3 Å². The van der Waals surface area contributed by atoms with Crippen LogP contribution in [-0.2, 0) is 7.05 Å². The van der Waals surface area contributed by atoms with Crippen LogP contribution in [0.1, 0.15) is 30.5 Å². The Bertz CT molecular complexity index is 475. The lowest BCUT2D eigenvalue weighted by atomic mass is 10.1. The minimum Gasteiger partial charge on any atom is -0.384 e. The average Bonchev–Trinajstić information content (AvgIpc) is 2.90. The number of hydrogen-bond donors (Lipinski definition) is 2. The molecule has 0 aromatic carbocycles. The van der Waals surface area contributed by atoms with E-state index in [1.807, 2.05) is 18.7 Å².